The molecule has 1 atom stereocenters. The summed E-state index contributed by atoms with van der Waals surface area (Å²) in [5.74, 6) is 0.666. The fraction of sp³-hybridized carbons (Fsp3) is 0.917. The van der Waals surface area contributed by atoms with E-state index in [0.717, 1.165) is 45.6 Å². The molecule has 2 fully saturated rings. The van der Waals surface area contributed by atoms with Gasteiger partial charge in [-0.15, -0.1) is 0 Å². The molecule has 0 aromatic carbocycles. The monoisotopic (exact) mass is 225 g/mol. The number of carbonyl (C=O) groups excluding carboxylic acids is 1. The number of hydrogen-bond donors (Lipinski definition) is 1. The summed E-state index contributed by atoms with van der Waals surface area (Å²) < 4.78 is 0. The van der Waals surface area contributed by atoms with Crippen molar-refractivity contribution in [1.29, 1.82) is 0 Å². The third-order valence-corrected chi connectivity index (χ3v) is 3.85. The molecule has 16 heavy (non-hydrogen) atoms. The number of nitrogens with one attached hydrogen (secondary N) is 1. The molecule has 2 saturated heterocycles. The van der Waals surface area contributed by atoms with Crippen LogP contribution in [0.15, 0.2) is 0 Å². The van der Waals surface area contributed by atoms with Crippen molar-refractivity contribution in [3.8, 4) is 0 Å². The molecule has 2 heterocycles. The van der Waals surface area contributed by atoms with Crippen LogP contribution >= 0.6 is 0 Å². The van der Waals surface area contributed by atoms with Gasteiger partial charge in [-0.3, -0.25) is 4.79 Å². The van der Waals surface area contributed by atoms with Crippen molar-refractivity contribution in [2.45, 2.75) is 25.8 Å². The van der Waals surface area contributed by atoms with Crippen molar-refractivity contribution in [3.63, 3.8) is 0 Å². The van der Waals surface area contributed by atoms with Gasteiger partial charge in [-0.1, -0.05) is 0 Å². The van der Waals surface area contributed by atoms with E-state index in [4.69, 9.17) is 0 Å². The van der Waals surface area contributed by atoms with Gasteiger partial charge in [-0.2, -0.15) is 0 Å². The van der Waals surface area contributed by atoms with Gasteiger partial charge in [-0.05, 0) is 39.9 Å². The lowest BCUT2D eigenvalue weighted by Crippen LogP contribution is -2.54. The number of hydrogen-bond acceptors (Lipinski definition) is 3. The molecule has 92 valence electrons. The highest BCUT2D eigenvalue weighted by Gasteiger charge is 2.30. The number of nitrogens with zero attached hydrogens (tertiary/aromatic N) is 2. The summed E-state index contributed by atoms with van der Waals surface area (Å²) in [4.78, 5) is 16.7. The first-order chi connectivity index (χ1) is 7.68. The van der Waals surface area contributed by atoms with Crippen LogP contribution in [0.4, 0.5) is 0 Å². The van der Waals surface area contributed by atoms with Gasteiger partial charge in [0, 0.05) is 31.6 Å². The van der Waals surface area contributed by atoms with Gasteiger partial charge in [0.25, 0.3) is 0 Å². The minimum absolute atomic E-state index is 0.275. The zero-order chi connectivity index (χ0) is 11.5. The topological polar surface area (TPSA) is 35.6 Å². The SMILES string of the molecule is C[C@H]1CNCCN1C(=O)C1CCN(C)CC1. The van der Waals surface area contributed by atoms with E-state index in [1.54, 1.807) is 0 Å². The van der Waals surface area contributed by atoms with Crippen LogP contribution in [0.5, 0.6) is 0 Å². The van der Waals surface area contributed by atoms with E-state index in [1.807, 2.05) is 0 Å². The molecule has 2 aliphatic heterocycles. The standard InChI is InChI=1S/C12H23N3O/c1-10-9-13-5-8-15(10)12(16)11-3-6-14(2)7-4-11/h10-11,13H,3-9H2,1-2H3/t10-/m0/s1. The predicted molar refractivity (Wildman–Crippen MR) is 64.3 cm³/mol. The van der Waals surface area contributed by atoms with Gasteiger partial charge >= 0.3 is 0 Å². The first-order valence-electron chi connectivity index (χ1n) is 6.38. The molecular formula is C12H23N3O. The second kappa shape index (κ2) is 5.15. The number of carbonyl (C=O) groups is 1. The Bertz CT molecular complexity index is 249. The van der Waals surface area contributed by atoms with Crippen LogP contribution in [0.3, 0.4) is 0 Å². The van der Waals surface area contributed by atoms with E-state index < -0.39 is 0 Å². The molecule has 1 amide bonds. The number of piperidine rings is 1. The third-order valence-electron chi connectivity index (χ3n) is 3.85. The van der Waals surface area contributed by atoms with Crippen LogP contribution in [0.2, 0.25) is 0 Å². The zero-order valence-corrected chi connectivity index (χ0v) is 10.4. The Morgan fingerprint density at radius 3 is 2.56 bits per heavy atom. The molecule has 4 nitrogen and oxygen atoms in total. The molecule has 0 aromatic rings. The van der Waals surface area contributed by atoms with Crippen LogP contribution in [0, 0.1) is 5.92 Å². The average molecular weight is 225 g/mol. The van der Waals surface area contributed by atoms with Gasteiger partial charge in [0.15, 0.2) is 0 Å². The number of rotatable bonds is 1. The summed E-state index contributed by atoms with van der Waals surface area (Å²) in [6.45, 7) is 7.04. The Kier molecular flexibility index (Phi) is 3.82. The minimum atomic E-state index is 0.275. The molecule has 0 radical (unpaired) electrons. The fourth-order valence-corrected chi connectivity index (χ4v) is 2.66. The highest BCUT2D eigenvalue weighted by molar-refractivity contribution is 5.79. The maximum Gasteiger partial charge on any atom is 0.226 e. The van der Waals surface area contributed by atoms with E-state index >= 15 is 0 Å². The number of piperazine rings is 1. The smallest absolute Gasteiger partial charge is 0.226 e. The van der Waals surface area contributed by atoms with Crippen molar-refractivity contribution < 1.29 is 4.79 Å². The molecule has 4 heteroatoms. The maximum atomic E-state index is 12.3. The quantitative estimate of drug-likeness (QED) is 0.690. The summed E-state index contributed by atoms with van der Waals surface area (Å²) in [5, 5.41) is 3.33. The van der Waals surface area contributed by atoms with Crippen LogP contribution in [0.25, 0.3) is 0 Å². The van der Waals surface area contributed by atoms with Crippen molar-refractivity contribution in [1.82, 2.24) is 15.1 Å². The first-order valence-corrected chi connectivity index (χ1v) is 6.38. The zero-order valence-electron chi connectivity index (χ0n) is 10.4. The Balaban J connectivity index is 1.90. The molecule has 0 unspecified atom stereocenters. The second-order valence-electron chi connectivity index (χ2n) is 5.16. The summed E-state index contributed by atoms with van der Waals surface area (Å²) in [5.41, 5.74) is 0. The summed E-state index contributed by atoms with van der Waals surface area (Å²) in [6.07, 6.45) is 2.07. The molecule has 2 rings (SSSR count). The van der Waals surface area contributed by atoms with Gasteiger partial charge < -0.3 is 15.1 Å². The summed E-state index contributed by atoms with van der Waals surface area (Å²) in [7, 11) is 2.13. The van der Waals surface area contributed by atoms with Gasteiger partial charge in [-0.25, -0.2) is 0 Å². The average Bonchev–Trinajstić information content (AvgIpc) is 2.30. The molecule has 0 aromatic heterocycles. The van der Waals surface area contributed by atoms with Crippen molar-refractivity contribution in [2.75, 3.05) is 39.8 Å². The van der Waals surface area contributed by atoms with Crippen LogP contribution < -0.4 is 5.32 Å². The molecular weight excluding hydrogens is 202 g/mol. The first kappa shape index (κ1) is 11.9. The van der Waals surface area contributed by atoms with Crippen LogP contribution in [-0.2, 0) is 4.79 Å². The third kappa shape index (κ3) is 2.55. The van der Waals surface area contributed by atoms with E-state index in [9.17, 15) is 4.79 Å². The largest absolute Gasteiger partial charge is 0.337 e. The van der Waals surface area contributed by atoms with Crippen LogP contribution in [-0.4, -0.2) is 61.5 Å². The Hall–Kier alpha value is -0.610. The minimum Gasteiger partial charge on any atom is -0.337 e. The van der Waals surface area contributed by atoms with Gasteiger partial charge in [0.1, 0.15) is 0 Å². The lowest BCUT2D eigenvalue weighted by atomic mass is 9.94. The van der Waals surface area contributed by atoms with Gasteiger partial charge in [0.2, 0.25) is 5.91 Å². The number of amides is 1. The highest BCUT2D eigenvalue weighted by atomic mass is 16.2. The molecule has 0 spiro atoms. The van der Waals surface area contributed by atoms with E-state index in [-0.39, 0.29) is 5.92 Å². The van der Waals surface area contributed by atoms with Crippen molar-refractivity contribution in [2.24, 2.45) is 5.92 Å². The molecule has 0 aliphatic carbocycles. The predicted octanol–water partition coefficient (Wildman–Crippen LogP) is 0.149. The molecule has 0 saturated carbocycles. The Morgan fingerprint density at radius 2 is 1.94 bits per heavy atom. The lowest BCUT2D eigenvalue weighted by molar-refractivity contribution is -0.139. The Morgan fingerprint density at radius 1 is 1.25 bits per heavy atom. The van der Waals surface area contributed by atoms with E-state index in [1.165, 1.54) is 0 Å². The molecule has 1 N–H and O–H groups in total. The fourth-order valence-electron chi connectivity index (χ4n) is 2.66. The maximum absolute atomic E-state index is 12.3. The summed E-state index contributed by atoms with van der Waals surface area (Å²) >= 11 is 0. The van der Waals surface area contributed by atoms with E-state index in [0.29, 0.717) is 11.9 Å². The lowest BCUT2D eigenvalue weighted by Gasteiger charge is -2.38. The highest BCUT2D eigenvalue weighted by Crippen LogP contribution is 2.20. The second-order valence-corrected chi connectivity index (χ2v) is 5.16. The molecule has 2 aliphatic rings. The van der Waals surface area contributed by atoms with Crippen molar-refractivity contribution >= 4 is 5.91 Å². The molecule has 0 bridgehead atoms. The van der Waals surface area contributed by atoms with E-state index in [2.05, 4.69) is 29.1 Å². The van der Waals surface area contributed by atoms with Gasteiger partial charge in [0.05, 0.1) is 0 Å². The van der Waals surface area contributed by atoms with Crippen molar-refractivity contribution in [3.05, 3.63) is 0 Å². The number of likely N-dealkylation sites (tertiary alicyclic amines) is 1. The Labute approximate surface area is 98.0 Å². The van der Waals surface area contributed by atoms with Crippen LogP contribution in [0.1, 0.15) is 19.8 Å². The summed E-state index contributed by atoms with van der Waals surface area (Å²) in [6, 6.07) is 0.362. The normalized spacial score (nSPS) is 29.4.